The first kappa shape index (κ1) is 24.1. The predicted octanol–water partition coefficient (Wildman–Crippen LogP) is 0.516. The van der Waals surface area contributed by atoms with E-state index in [9.17, 15) is 0 Å². The van der Waals surface area contributed by atoms with Gasteiger partial charge in [-0.3, -0.25) is 0 Å². The van der Waals surface area contributed by atoms with E-state index in [1.807, 2.05) is 0 Å². The van der Waals surface area contributed by atoms with E-state index in [-0.39, 0.29) is 0 Å². The van der Waals surface area contributed by atoms with Crippen molar-refractivity contribution in [3.8, 4) is 0 Å². The van der Waals surface area contributed by atoms with Gasteiger partial charge >= 0.3 is 149 Å². The van der Waals surface area contributed by atoms with Crippen LogP contribution in [0.5, 0.6) is 0 Å². The van der Waals surface area contributed by atoms with E-state index >= 15 is 0 Å². The Bertz CT molecular complexity index is 264. The van der Waals surface area contributed by atoms with Gasteiger partial charge in [0.05, 0.1) is 0 Å². The van der Waals surface area contributed by atoms with Crippen LogP contribution in [0.4, 0.5) is 0 Å². The third kappa shape index (κ3) is 8.00. The fraction of sp³-hybridized carbons (Fsp3) is 1.00. The van der Waals surface area contributed by atoms with E-state index in [0.717, 1.165) is 44.6 Å². The molecule has 0 atom stereocenters. The summed E-state index contributed by atoms with van der Waals surface area (Å²) in [4.78, 5) is 2.34. The molecule has 0 radical (unpaired) electrons. The Morgan fingerprint density at radius 1 is 0.792 bits per heavy atom. The molecule has 0 aliphatic rings. The molecule has 0 bridgehead atoms. The molecule has 0 saturated heterocycles. The number of hydrogen-bond donors (Lipinski definition) is 1. The maximum absolute atomic E-state index is 5.73. The zero-order chi connectivity index (χ0) is 18.5. The second kappa shape index (κ2) is 13.3. The summed E-state index contributed by atoms with van der Waals surface area (Å²) in [5.41, 5.74) is 5.73. The van der Waals surface area contributed by atoms with Crippen molar-refractivity contribution in [2.45, 2.75) is 24.9 Å². The van der Waals surface area contributed by atoms with Crippen LogP contribution < -0.4 is 5.73 Å². The van der Waals surface area contributed by atoms with Crippen LogP contribution in [0.25, 0.3) is 0 Å². The Morgan fingerprint density at radius 2 is 1.29 bits per heavy atom. The number of hydrogen-bond acceptors (Lipinski definition) is 8. The van der Waals surface area contributed by atoms with Crippen molar-refractivity contribution in [3.63, 3.8) is 0 Å². The molecule has 0 amide bonds. The van der Waals surface area contributed by atoms with E-state index in [1.165, 1.54) is 0 Å². The zero-order valence-electron chi connectivity index (χ0n) is 16.2. The van der Waals surface area contributed by atoms with Crippen LogP contribution in [0.2, 0.25) is 12.1 Å². The molecular formula is C14H37N2O6Si2-. The Balaban J connectivity index is 4.35. The third-order valence-corrected chi connectivity index (χ3v) is 10.5. The number of nitrogens with zero attached hydrogens (tertiary/aromatic N) is 1. The summed E-state index contributed by atoms with van der Waals surface area (Å²) in [7, 11) is 4.58. The van der Waals surface area contributed by atoms with Gasteiger partial charge in [0.1, 0.15) is 0 Å². The fourth-order valence-electron chi connectivity index (χ4n) is 2.80. The summed E-state index contributed by atoms with van der Waals surface area (Å²) in [6, 6.07) is 1.59. The zero-order valence-corrected chi connectivity index (χ0v) is 18.4. The molecule has 0 aromatic carbocycles. The minimum absolute atomic E-state index is 0.630. The predicted molar refractivity (Wildman–Crippen MR) is 99.3 cm³/mol. The summed E-state index contributed by atoms with van der Waals surface area (Å²) in [5.74, 6) is 0. The SMILES string of the molecule is CO[Si](CCCN(CCN)CCC[SiH-](OC)(OC)OC)(OC)OC. The molecule has 8 nitrogen and oxygen atoms in total. The molecular weight excluding hydrogens is 348 g/mol. The van der Waals surface area contributed by atoms with Gasteiger partial charge in [-0.15, -0.1) is 0 Å². The van der Waals surface area contributed by atoms with Gasteiger partial charge in [0.15, 0.2) is 0 Å². The van der Waals surface area contributed by atoms with E-state index in [0.29, 0.717) is 6.54 Å². The first-order valence-corrected chi connectivity index (χ1v) is 12.6. The molecule has 0 fully saturated rings. The van der Waals surface area contributed by atoms with Gasteiger partial charge in [-0.05, 0) is 0 Å². The van der Waals surface area contributed by atoms with Crippen LogP contribution in [-0.4, -0.2) is 91.3 Å². The quantitative estimate of drug-likeness (QED) is 0.385. The van der Waals surface area contributed by atoms with Gasteiger partial charge in [0, 0.05) is 0 Å². The summed E-state index contributed by atoms with van der Waals surface area (Å²) in [6.45, 7) is 3.33. The van der Waals surface area contributed by atoms with Crippen LogP contribution in [-0.2, 0) is 26.6 Å². The Kier molecular flexibility index (Phi) is 13.4. The monoisotopic (exact) mass is 385 g/mol. The molecule has 0 aliphatic carbocycles. The standard InChI is InChI=1S/C14H37N2O6Si2/c1-17-23(18-2,19-3)13-7-10-16(12-9-15)11-8-14-24(20-4,21-5)22-6/h23H,7-15H2,1-6H3/q-1. The molecule has 0 aromatic heterocycles. The van der Waals surface area contributed by atoms with Gasteiger partial charge in [-0.1, -0.05) is 0 Å². The first-order valence-electron chi connectivity index (χ1n) is 8.39. The molecule has 0 saturated carbocycles. The van der Waals surface area contributed by atoms with E-state index in [2.05, 4.69) is 4.90 Å². The molecule has 0 heterocycles. The molecule has 0 spiro atoms. The second-order valence-electron chi connectivity index (χ2n) is 5.67. The molecule has 10 heteroatoms. The van der Waals surface area contributed by atoms with Crippen molar-refractivity contribution in [3.05, 3.63) is 0 Å². The van der Waals surface area contributed by atoms with Crippen LogP contribution in [0.3, 0.4) is 0 Å². The fourth-order valence-corrected chi connectivity index (χ4v) is 6.47. The van der Waals surface area contributed by atoms with Crippen LogP contribution in [0, 0.1) is 0 Å². The van der Waals surface area contributed by atoms with Crippen molar-refractivity contribution in [1.29, 1.82) is 0 Å². The average molecular weight is 386 g/mol. The van der Waals surface area contributed by atoms with Crippen molar-refractivity contribution in [1.82, 2.24) is 4.90 Å². The van der Waals surface area contributed by atoms with Crippen molar-refractivity contribution < 1.29 is 26.6 Å². The second-order valence-corrected chi connectivity index (χ2v) is 12.3. The van der Waals surface area contributed by atoms with E-state index < -0.39 is 17.6 Å². The molecule has 0 aliphatic heterocycles. The van der Waals surface area contributed by atoms with Gasteiger partial charge in [0.2, 0.25) is 0 Å². The molecule has 0 aromatic rings. The third-order valence-electron chi connectivity index (χ3n) is 4.45. The molecule has 148 valence electrons. The van der Waals surface area contributed by atoms with Crippen molar-refractivity contribution in [2.24, 2.45) is 5.73 Å². The minimum atomic E-state index is -2.80. The summed E-state index contributed by atoms with van der Waals surface area (Å²) in [5, 5.41) is 0. The molecule has 2 N–H and O–H groups in total. The Hall–Kier alpha value is 0.114. The van der Waals surface area contributed by atoms with E-state index in [4.69, 9.17) is 32.3 Å². The normalized spacial score (nSPS) is 13.7. The Labute approximate surface area is 149 Å². The van der Waals surface area contributed by atoms with Crippen LogP contribution in [0.15, 0.2) is 0 Å². The first-order chi connectivity index (χ1) is 11.5. The maximum atomic E-state index is 5.73. The summed E-state index contributed by atoms with van der Waals surface area (Å²) in [6.07, 6.45) is 1.88. The topological polar surface area (TPSA) is 84.6 Å². The van der Waals surface area contributed by atoms with Crippen molar-refractivity contribution in [2.75, 3.05) is 68.8 Å². The molecule has 0 rings (SSSR count). The summed E-state index contributed by atoms with van der Waals surface area (Å²) >= 11 is 0. The van der Waals surface area contributed by atoms with Crippen LogP contribution in [0.1, 0.15) is 12.8 Å². The van der Waals surface area contributed by atoms with Gasteiger partial charge in [0.25, 0.3) is 0 Å². The van der Waals surface area contributed by atoms with E-state index in [1.54, 1.807) is 42.7 Å². The summed E-state index contributed by atoms with van der Waals surface area (Å²) < 4.78 is 32.8. The number of nitrogens with two attached hydrogens (primary N) is 1. The van der Waals surface area contributed by atoms with Gasteiger partial charge in [-0.2, -0.15) is 0 Å². The van der Waals surface area contributed by atoms with Gasteiger partial charge in [-0.25, -0.2) is 0 Å². The van der Waals surface area contributed by atoms with Crippen LogP contribution >= 0.6 is 0 Å². The Morgan fingerprint density at radius 3 is 1.71 bits per heavy atom. The average Bonchev–Trinajstić information content (AvgIpc) is 2.63. The number of rotatable bonds is 16. The molecule has 24 heavy (non-hydrogen) atoms. The van der Waals surface area contributed by atoms with Gasteiger partial charge < -0.3 is 0 Å². The molecule has 0 unspecified atom stereocenters. The van der Waals surface area contributed by atoms with Crippen molar-refractivity contribution >= 4 is 17.6 Å².